The summed E-state index contributed by atoms with van der Waals surface area (Å²) in [5.74, 6) is -1.32. The number of rotatable bonds is 5. The average Bonchev–Trinajstić information content (AvgIpc) is 2.96. The molecule has 0 amide bonds. The zero-order valence-electron chi connectivity index (χ0n) is 12.9. The Balaban J connectivity index is 2.02. The fourth-order valence-corrected chi connectivity index (χ4v) is 3.46. The van der Waals surface area contributed by atoms with E-state index < -0.39 is 11.6 Å². The van der Waals surface area contributed by atoms with Crippen molar-refractivity contribution >= 4 is 11.8 Å². The summed E-state index contributed by atoms with van der Waals surface area (Å²) in [6.45, 7) is -0.217. The van der Waals surface area contributed by atoms with Gasteiger partial charge in [-0.15, -0.1) is 10.2 Å². The fraction of sp³-hybridized carbons (Fsp3) is 0.176. The lowest BCUT2D eigenvalue weighted by atomic mass is 10.0. The number of thioether (sulfide) groups is 1. The van der Waals surface area contributed by atoms with E-state index in [1.54, 1.807) is 17.7 Å². The van der Waals surface area contributed by atoms with E-state index >= 15 is 0 Å². The van der Waals surface area contributed by atoms with Gasteiger partial charge in [-0.25, -0.2) is 8.78 Å². The van der Waals surface area contributed by atoms with Gasteiger partial charge in [0.05, 0.1) is 5.25 Å². The second kappa shape index (κ2) is 7.11. The summed E-state index contributed by atoms with van der Waals surface area (Å²) in [7, 11) is 1.75. The van der Waals surface area contributed by atoms with Gasteiger partial charge in [-0.1, -0.05) is 48.2 Å². The molecule has 3 aromatic rings. The predicted molar refractivity (Wildman–Crippen MR) is 87.4 cm³/mol. The van der Waals surface area contributed by atoms with Crippen molar-refractivity contribution in [3.63, 3.8) is 0 Å². The topological polar surface area (TPSA) is 50.9 Å². The standard InChI is InChI=1S/C17H15F2N3OS/c1-22-15(10-23)20-21-17(22)24-16(11-5-3-2-4-6-11)12-7-8-13(18)14(19)9-12/h2-9,16,23H,10H2,1H3. The predicted octanol–water partition coefficient (Wildman–Crippen LogP) is 3.47. The Morgan fingerprint density at radius 3 is 2.42 bits per heavy atom. The number of hydrogen-bond donors (Lipinski definition) is 1. The average molecular weight is 347 g/mol. The number of nitrogens with zero attached hydrogens (tertiary/aromatic N) is 3. The molecule has 1 heterocycles. The van der Waals surface area contributed by atoms with Crippen molar-refractivity contribution in [3.8, 4) is 0 Å². The van der Waals surface area contributed by atoms with Gasteiger partial charge in [-0.05, 0) is 23.3 Å². The molecule has 0 radical (unpaired) electrons. The largest absolute Gasteiger partial charge is 0.388 e. The molecular formula is C17H15F2N3OS. The van der Waals surface area contributed by atoms with E-state index in [0.29, 0.717) is 16.5 Å². The van der Waals surface area contributed by atoms with Crippen LogP contribution in [0.5, 0.6) is 0 Å². The van der Waals surface area contributed by atoms with Gasteiger partial charge < -0.3 is 9.67 Å². The Bertz CT molecular complexity index is 839. The van der Waals surface area contributed by atoms with Crippen LogP contribution in [0.1, 0.15) is 22.2 Å². The quantitative estimate of drug-likeness (QED) is 0.718. The number of benzene rings is 2. The Hall–Kier alpha value is -2.25. The summed E-state index contributed by atoms with van der Waals surface area (Å²) in [6.07, 6.45) is 0. The summed E-state index contributed by atoms with van der Waals surface area (Å²) >= 11 is 1.36. The summed E-state index contributed by atoms with van der Waals surface area (Å²) in [5.41, 5.74) is 1.56. The van der Waals surface area contributed by atoms with Gasteiger partial charge in [0.15, 0.2) is 22.6 Å². The number of aliphatic hydroxyl groups is 1. The molecule has 2 aromatic carbocycles. The monoisotopic (exact) mass is 347 g/mol. The molecule has 3 rings (SSSR count). The summed E-state index contributed by atoms with van der Waals surface area (Å²) in [6, 6.07) is 13.4. The minimum Gasteiger partial charge on any atom is -0.388 e. The number of aromatic nitrogens is 3. The van der Waals surface area contributed by atoms with E-state index in [-0.39, 0.29) is 11.9 Å². The second-order valence-electron chi connectivity index (χ2n) is 5.20. The van der Waals surface area contributed by atoms with Gasteiger partial charge >= 0.3 is 0 Å². The van der Waals surface area contributed by atoms with E-state index in [1.807, 2.05) is 30.3 Å². The van der Waals surface area contributed by atoms with Crippen molar-refractivity contribution in [2.45, 2.75) is 17.0 Å². The van der Waals surface area contributed by atoms with E-state index in [2.05, 4.69) is 10.2 Å². The van der Waals surface area contributed by atoms with Gasteiger partial charge in [0, 0.05) is 7.05 Å². The lowest BCUT2D eigenvalue weighted by Crippen LogP contribution is -2.03. The van der Waals surface area contributed by atoms with Crippen LogP contribution in [0.25, 0.3) is 0 Å². The normalized spacial score (nSPS) is 12.3. The first-order chi connectivity index (χ1) is 11.6. The van der Waals surface area contributed by atoms with Gasteiger partial charge in [-0.2, -0.15) is 0 Å². The Kier molecular flexibility index (Phi) is 4.92. The smallest absolute Gasteiger partial charge is 0.191 e. The molecule has 1 N–H and O–H groups in total. The molecule has 24 heavy (non-hydrogen) atoms. The Morgan fingerprint density at radius 2 is 1.79 bits per heavy atom. The highest BCUT2D eigenvalue weighted by molar-refractivity contribution is 7.99. The maximum absolute atomic E-state index is 13.7. The van der Waals surface area contributed by atoms with Crippen molar-refractivity contribution in [2.75, 3.05) is 0 Å². The molecule has 0 aliphatic carbocycles. The molecule has 0 fully saturated rings. The number of hydrogen-bond acceptors (Lipinski definition) is 4. The van der Waals surface area contributed by atoms with Crippen molar-refractivity contribution in [3.05, 3.63) is 77.1 Å². The molecule has 7 heteroatoms. The van der Waals surface area contributed by atoms with Crippen LogP contribution in [0.15, 0.2) is 53.7 Å². The van der Waals surface area contributed by atoms with Crippen molar-refractivity contribution < 1.29 is 13.9 Å². The molecule has 124 valence electrons. The summed E-state index contributed by atoms with van der Waals surface area (Å²) < 4.78 is 28.6. The highest BCUT2D eigenvalue weighted by atomic mass is 32.2. The maximum Gasteiger partial charge on any atom is 0.191 e. The first-order valence-corrected chi connectivity index (χ1v) is 8.13. The molecule has 0 spiro atoms. The molecule has 0 aliphatic rings. The number of aliphatic hydroxyl groups excluding tert-OH is 1. The van der Waals surface area contributed by atoms with Crippen molar-refractivity contribution in [2.24, 2.45) is 7.05 Å². The van der Waals surface area contributed by atoms with Gasteiger partial charge in [0.25, 0.3) is 0 Å². The SMILES string of the molecule is Cn1c(CO)nnc1SC(c1ccccc1)c1ccc(F)c(F)c1. The molecule has 4 nitrogen and oxygen atoms in total. The molecule has 1 unspecified atom stereocenters. The van der Waals surface area contributed by atoms with E-state index in [4.69, 9.17) is 0 Å². The fourth-order valence-electron chi connectivity index (χ4n) is 2.32. The molecular weight excluding hydrogens is 332 g/mol. The first kappa shape index (κ1) is 16.6. The van der Waals surface area contributed by atoms with Gasteiger partial charge in [-0.3, -0.25) is 0 Å². The highest BCUT2D eigenvalue weighted by Crippen LogP contribution is 2.40. The minimum atomic E-state index is -0.886. The van der Waals surface area contributed by atoms with Crippen molar-refractivity contribution in [1.29, 1.82) is 0 Å². The molecule has 0 aliphatic heterocycles. The third-order valence-electron chi connectivity index (χ3n) is 3.64. The first-order valence-electron chi connectivity index (χ1n) is 7.26. The van der Waals surface area contributed by atoms with Crippen LogP contribution in [-0.2, 0) is 13.7 Å². The molecule has 0 bridgehead atoms. The van der Waals surface area contributed by atoms with Crippen molar-refractivity contribution in [1.82, 2.24) is 14.8 Å². The van der Waals surface area contributed by atoms with Gasteiger partial charge in [0.2, 0.25) is 0 Å². The Morgan fingerprint density at radius 1 is 1.04 bits per heavy atom. The molecule has 1 atom stereocenters. The third-order valence-corrected chi connectivity index (χ3v) is 4.98. The van der Waals surface area contributed by atoms with E-state index in [0.717, 1.165) is 11.6 Å². The Labute approximate surface area is 142 Å². The summed E-state index contributed by atoms with van der Waals surface area (Å²) in [5, 5.41) is 17.5. The second-order valence-corrected chi connectivity index (χ2v) is 6.27. The van der Waals surface area contributed by atoms with Crippen LogP contribution in [0.3, 0.4) is 0 Å². The van der Waals surface area contributed by atoms with Crippen LogP contribution >= 0.6 is 11.8 Å². The zero-order chi connectivity index (χ0) is 17.1. The van der Waals surface area contributed by atoms with Crippen LogP contribution in [-0.4, -0.2) is 19.9 Å². The van der Waals surface area contributed by atoms with Crippen LogP contribution in [0.4, 0.5) is 8.78 Å². The van der Waals surface area contributed by atoms with E-state index in [1.165, 1.54) is 17.8 Å². The lowest BCUT2D eigenvalue weighted by molar-refractivity contribution is 0.266. The third kappa shape index (κ3) is 3.32. The zero-order valence-corrected chi connectivity index (χ0v) is 13.7. The van der Waals surface area contributed by atoms with E-state index in [9.17, 15) is 13.9 Å². The van der Waals surface area contributed by atoms with Crippen LogP contribution < -0.4 is 0 Å². The molecule has 1 aromatic heterocycles. The molecule has 0 saturated heterocycles. The van der Waals surface area contributed by atoms with Gasteiger partial charge in [0.1, 0.15) is 6.61 Å². The number of halogens is 2. The van der Waals surface area contributed by atoms with Crippen LogP contribution in [0.2, 0.25) is 0 Å². The highest BCUT2D eigenvalue weighted by Gasteiger charge is 2.21. The molecule has 0 saturated carbocycles. The lowest BCUT2D eigenvalue weighted by Gasteiger charge is -2.17. The van der Waals surface area contributed by atoms with Crippen LogP contribution in [0, 0.1) is 11.6 Å². The summed E-state index contributed by atoms with van der Waals surface area (Å²) in [4.78, 5) is 0. The maximum atomic E-state index is 13.7. The minimum absolute atomic E-state index is 0.217.